The summed E-state index contributed by atoms with van der Waals surface area (Å²) in [6, 6.07) is 4.79. The Morgan fingerprint density at radius 1 is 1.28 bits per heavy atom. The van der Waals surface area contributed by atoms with Gasteiger partial charge in [0.15, 0.2) is 6.30 Å². The van der Waals surface area contributed by atoms with Gasteiger partial charge in [-0.05, 0) is 49.7 Å². The Balaban J connectivity index is 1.44. The summed E-state index contributed by atoms with van der Waals surface area (Å²) in [6.07, 6.45) is -4.56. The largest absolute Gasteiger partial charge is 0.492 e. The summed E-state index contributed by atoms with van der Waals surface area (Å²) in [6.45, 7) is -0.301. The summed E-state index contributed by atoms with van der Waals surface area (Å²) < 4.78 is 79.7. The Labute approximate surface area is 210 Å². The molecule has 4 rings (SSSR count). The number of rotatable bonds is 6. The molecule has 0 N–H and O–H groups in total. The van der Waals surface area contributed by atoms with Crippen LogP contribution >= 0.6 is 11.6 Å². The molecule has 198 valence electrons. The number of benzene rings is 1. The first kappa shape index (κ1) is 26.9. The summed E-state index contributed by atoms with van der Waals surface area (Å²) in [5.74, 6) is -2.96. The highest BCUT2D eigenvalue weighted by molar-refractivity contribution is 6.21. The van der Waals surface area contributed by atoms with E-state index in [2.05, 4.69) is 10.8 Å². The van der Waals surface area contributed by atoms with E-state index in [9.17, 15) is 32.0 Å². The van der Waals surface area contributed by atoms with E-state index >= 15 is 0 Å². The van der Waals surface area contributed by atoms with Crippen LogP contribution in [0, 0.1) is 28.5 Å². The summed E-state index contributed by atoms with van der Waals surface area (Å²) in [5, 5.41) is 11.1. The molecule has 3 atom stereocenters. The van der Waals surface area contributed by atoms with Crippen molar-refractivity contribution in [2.75, 3.05) is 33.4 Å². The van der Waals surface area contributed by atoms with E-state index in [1.54, 1.807) is 0 Å². The second kappa shape index (κ2) is 10.3. The van der Waals surface area contributed by atoms with Crippen LogP contribution in [0.4, 0.5) is 22.0 Å². The second-order valence-electron chi connectivity index (χ2n) is 9.76. The molecule has 0 aromatic heterocycles. The normalized spacial score (nSPS) is 27.3. The lowest BCUT2D eigenvalue weighted by molar-refractivity contribution is -0.226. The first-order valence-electron chi connectivity index (χ1n) is 11.8. The van der Waals surface area contributed by atoms with Crippen molar-refractivity contribution in [3.8, 4) is 11.8 Å². The minimum absolute atomic E-state index is 0.0730. The smallest absolute Gasteiger partial charge is 0.393 e. The zero-order valence-electron chi connectivity index (χ0n) is 19.7. The number of ether oxygens (including phenoxy) is 2. The average Bonchev–Trinajstić information content (AvgIpc) is 3.69. The van der Waals surface area contributed by atoms with Crippen molar-refractivity contribution in [1.82, 2.24) is 10.0 Å². The van der Waals surface area contributed by atoms with E-state index in [1.165, 1.54) is 11.1 Å². The van der Waals surface area contributed by atoms with Crippen molar-refractivity contribution in [2.24, 2.45) is 11.3 Å². The van der Waals surface area contributed by atoms with Crippen molar-refractivity contribution in [1.29, 1.82) is 5.26 Å². The molecule has 12 heteroatoms. The van der Waals surface area contributed by atoms with Gasteiger partial charge < -0.3 is 9.47 Å². The van der Waals surface area contributed by atoms with Crippen LogP contribution in [0.25, 0.3) is 0 Å². The van der Waals surface area contributed by atoms with Gasteiger partial charge >= 0.3 is 12.1 Å². The lowest BCUT2D eigenvalue weighted by atomic mass is 9.81. The number of carbonyl (C=O) groups is 1. The first-order valence-corrected chi connectivity index (χ1v) is 12.2. The molecule has 0 bridgehead atoms. The third kappa shape index (κ3) is 5.55. The zero-order valence-corrected chi connectivity index (χ0v) is 20.4. The summed E-state index contributed by atoms with van der Waals surface area (Å²) in [7, 11) is 1.16. The Bertz CT molecular complexity index is 1020. The fraction of sp³-hybridized carbons (Fsp3) is 0.667. The quantitative estimate of drug-likeness (QED) is 0.216. The summed E-state index contributed by atoms with van der Waals surface area (Å²) in [5.41, 5.74) is -0.505. The number of nitrogens with zero attached hydrogens (tertiary/aromatic N) is 3. The topological polar surface area (TPSA) is 65.8 Å². The lowest BCUT2D eigenvalue weighted by Crippen LogP contribution is -2.60. The van der Waals surface area contributed by atoms with E-state index in [-0.39, 0.29) is 49.8 Å². The molecule has 6 nitrogen and oxygen atoms in total. The van der Waals surface area contributed by atoms with Gasteiger partial charge in [-0.1, -0.05) is 0 Å². The first-order chi connectivity index (χ1) is 17.0. The molecule has 1 aromatic carbocycles. The fourth-order valence-corrected chi connectivity index (χ4v) is 5.19. The number of carbonyl (C=O) groups excluding carboxylic acids is 1. The average molecular weight is 536 g/mol. The number of hydrogen-bond acceptors (Lipinski definition) is 6. The second-order valence-corrected chi connectivity index (χ2v) is 10.3. The SMILES string of the molecule is COC(=O)c1cc(C2CC2)c(OCC2(C#N)CCN(N3CC(C(F)(F)F)CC(Cl)C3F)CC2)cc1F. The zero-order chi connectivity index (χ0) is 26.3. The highest BCUT2D eigenvalue weighted by atomic mass is 35.5. The van der Waals surface area contributed by atoms with Gasteiger partial charge in [-0.2, -0.15) is 18.4 Å². The maximum atomic E-state index is 14.7. The molecule has 0 spiro atoms. The van der Waals surface area contributed by atoms with Crippen molar-refractivity contribution >= 4 is 17.6 Å². The Morgan fingerprint density at radius 3 is 2.50 bits per heavy atom. The van der Waals surface area contributed by atoms with Crippen LogP contribution in [0.15, 0.2) is 12.1 Å². The number of halogens is 6. The Kier molecular flexibility index (Phi) is 7.70. The van der Waals surface area contributed by atoms with Gasteiger partial charge in [0.1, 0.15) is 18.2 Å². The van der Waals surface area contributed by atoms with Gasteiger partial charge in [-0.25, -0.2) is 23.6 Å². The van der Waals surface area contributed by atoms with Gasteiger partial charge in [0.2, 0.25) is 0 Å². The van der Waals surface area contributed by atoms with Crippen molar-refractivity contribution in [3.05, 3.63) is 29.1 Å². The molecular formula is C24H27ClF5N3O3. The Hall–Kier alpha value is -2.16. The number of hydrazine groups is 1. The van der Waals surface area contributed by atoms with E-state index in [1.807, 2.05) is 0 Å². The lowest BCUT2D eigenvalue weighted by Gasteiger charge is -2.48. The maximum Gasteiger partial charge on any atom is 0.393 e. The molecule has 0 radical (unpaired) electrons. The van der Waals surface area contributed by atoms with Crippen LogP contribution < -0.4 is 4.74 Å². The number of alkyl halides is 5. The van der Waals surface area contributed by atoms with Crippen molar-refractivity contribution < 1.29 is 36.2 Å². The number of nitriles is 1. The van der Waals surface area contributed by atoms with Crippen molar-refractivity contribution in [3.63, 3.8) is 0 Å². The third-order valence-electron chi connectivity index (χ3n) is 7.29. The molecule has 3 fully saturated rings. The van der Waals surface area contributed by atoms with Gasteiger partial charge in [0.25, 0.3) is 0 Å². The van der Waals surface area contributed by atoms with Crippen LogP contribution in [-0.4, -0.2) is 67.2 Å². The van der Waals surface area contributed by atoms with E-state index in [0.29, 0.717) is 5.56 Å². The summed E-state index contributed by atoms with van der Waals surface area (Å²) >= 11 is 5.91. The van der Waals surface area contributed by atoms with Gasteiger partial charge in [0.05, 0.1) is 35.5 Å². The van der Waals surface area contributed by atoms with Crippen molar-refractivity contribution in [2.45, 2.75) is 55.9 Å². The number of esters is 1. The predicted octanol–water partition coefficient (Wildman–Crippen LogP) is 5.18. The van der Waals surface area contributed by atoms with Crippen LogP contribution in [0.3, 0.4) is 0 Å². The number of methoxy groups -OCH3 is 1. The minimum atomic E-state index is -4.48. The highest BCUT2D eigenvalue weighted by Gasteiger charge is 2.50. The predicted molar refractivity (Wildman–Crippen MR) is 119 cm³/mol. The van der Waals surface area contributed by atoms with Gasteiger partial charge in [-0.15, -0.1) is 11.6 Å². The van der Waals surface area contributed by atoms with E-state index in [4.69, 9.17) is 16.3 Å². The minimum Gasteiger partial charge on any atom is -0.492 e. The monoisotopic (exact) mass is 535 g/mol. The molecule has 1 aliphatic carbocycles. The molecule has 0 amide bonds. The molecule has 2 heterocycles. The third-order valence-corrected chi connectivity index (χ3v) is 7.67. The molecule has 3 unspecified atom stereocenters. The summed E-state index contributed by atoms with van der Waals surface area (Å²) in [4.78, 5) is 11.9. The van der Waals surface area contributed by atoms with Crippen LogP contribution in [0.1, 0.15) is 53.9 Å². The highest BCUT2D eigenvalue weighted by Crippen LogP contribution is 2.46. The molecule has 2 aliphatic heterocycles. The van der Waals surface area contributed by atoms with E-state index in [0.717, 1.165) is 31.0 Å². The number of piperidine rings is 2. The maximum absolute atomic E-state index is 14.7. The Morgan fingerprint density at radius 2 is 1.94 bits per heavy atom. The molecular weight excluding hydrogens is 509 g/mol. The van der Waals surface area contributed by atoms with Gasteiger partial charge in [0, 0.05) is 25.7 Å². The fourth-order valence-electron chi connectivity index (χ4n) is 4.84. The van der Waals surface area contributed by atoms with E-state index < -0.39 is 53.9 Å². The van der Waals surface area contributed by atoms with Crippen LogP contribution in [-0.2, 0) is 4.74 Å². The molecule has 1 saturated carbocycles. The van der Waals surface area contributed by atoms with Crippen LogP contribution in [0.5, 0.6) is 5.75 Å². The standard InChI is InChI=1S/C24H27ClF5N3O3/c1-35-22(34)17-9-16(14-2-3-14)20(10-19(17)26)36-13-23(12-31)4-6-32(7-5-23)33-11-15(24(28,29)30)8-18(25)21(33)27/h9-10,14-15,18,21H,2-8,11,13H2,1H3. The van der Waals surface area contributed by atoms with Crippen LogP contribution in [0.2, 0.25) is 0 Å². The molecule has 36 heavy (non-hydrogen) atoms. The molecule has 3 aliphatic rings. The molecule has 2 saturated heterocycles. The van der Waals surface area contributed by atoms with Gasteiger partial charge in [-0.3, -0.25) is 0 Å². The molecule has 1 aromatic rings. The number of hydrogen-bond donors (Lipinski definition) is 0.